The van der Waals surface area contributed by atoms with Crippen molar-refractivity contribution in [1.29, 1.82) is 0 Å². The zero-order valence-corrected chi connectivity index (χ0v) is 16.2. The Morgan fingerprint density at radius 2 is 2.00 bits per heavy atom. The Bertz CT molecular complexity index is 1100. The van der Waals surface area contributed by atoms with Gasteiger partial charge in [0.05, 0.1) is 11.7 Å². The van der Waals surface area contributed by atoms with E-state index < -0.39 is 5.82 Å². The predicted octanol–water partition coefficient (Wildman–Crippen LogP) is 2.96. The average Bonchev–Trinajstić information content (AvgIpc) is 3.40. The molecule has 1 aromatic heterocycles. The van der Waals surface area contributed by atoms with E-state index in [0.717, 1.165) is 25.7 Å². The first-order valence-electron chi connectivity index (χ1n) is 9.72. The molecule has 156 valence electrons. The third-order valence-electron chi connectivity index (χ3n) is 5.25. The number of hydrogen-bond acceptors (Lipinski definition) is 5. The molecule has 0 bridgehead atoms. The molecule has 0 spiro atoms. The molecule has 1 heterocycles. The molecule has 0 aliphatic heterocycles. The van der Waals surface area contributed by atoms with E-state index in [9.17, 15) is 9.18 Å². The normalized spacial score (nSPS) is 14.8. The number of aromatic amines is 1. The van der Waals surface area contributed by atoms with E-state index in [-0.39, 0.29) is 17.8 Å². The van der Waals surface area contributed by atoms with Gasteiger partial charge in [-0.25, -0.2) is 10.2 Å². The minimum absolute atomic E-state index is 0.0651. The van der Waals surface area contributed by atoms with Gasteiger partial charge in [-0.3, -0.25) is 4.79 Å². The molecule has 1 aliphatic carbocycles. The number of hydrogen-bond donors (Lipinski definition) is 5. The summed E-state index contributed by atoms with van der Waals surface area (Å²) in [5.74, 6) is 10.4. The van der Waals surface area contributed by atoms with E-state index in [4.69, 9.17) is 16.4 Å². The fourth-order valence-electron chi connectivity index (χ4n) is 3.71. The summed E-state index contributed by atoms with van der Waals surface area (Å²) in [5, 5.41) is 7.00. The lowest BCUT2D eigenvalue weighted by Gasteiger charge is -2.14. The Labute approximate surface area is 172 Å². The quantitative estimate of drug-likeness (QED) is 0.191. The van der Waals surface area contributed by atoms with Crippen LogP contribution in [0.2, 0.25) is 0 Å². The maximum Gasteiger partial charge on any atom is 0.257 e. The van der Waals surface area contributed by atoms with Gasteiger partial charge in [-0.2, -0.15) is 5.10 Å². The van der Waals surface area contributed by atoms with Crippen LogP contribution in [0.15, 0.2) is 47.7 Å². The summed E-state index contributed by atoms with van der Waals surface area (Å²) < 4.78 is 20.1. The van der Waals surface area contributed by atoms with Gasteiger partial charge in [0, 0.05) is 34.4 Å². The van der Waals surface area contributed by atoms with Crippen molar-refractivity contribution < 1.29 is 13.9 Å². The van der Waals surface area contributed by atoms with Crippen LogP contribution in [0.1, 0.15) is 41.6 Å². The Kier molecular flexibility index (Phi) is 5.53. The predicted molar refractivity (Wildman–Crippen MR) is 114 cm³/mol. The van der Waals surface area contributed by atoms with Crippen molar-refractivity contribution in [1.82, 2.24) is 10.4 Å². The van der Waals surface area contributed by atoms with Crippen LogP contribution in [0.4, 0.5) is 10.1 Å². The molecule has 7 N–H and O–H groups in total. The minimum Gasteiger partial charge on any atom is -0.487 e. The van der Waals surface area contributed by atoms with Crippen LogP contribution >= 0.6 is 0 Å². The number of nitrogens with zero attached hydrogens (tertiary/aromatic N) is 1. The van der Waals surface area contributed by atoms with Crippen LogP contribution in [0.3, 0.4) is 0 Å². The van der Waals surface area contributed by atoms with Gasteiger partial charge in [-0.1, -0.05) is 12.1 Å². The highest BCUT2D eigenvalue weighted by Crippen LogP contribution is 2.28. The molecule has 1 aliphatic rings. The van der Waals surface area contributed by atoms with Crippen molar-refractivity contribution >= 4 is 28.3 Å². The van der Waals surface area contributed by atoms with Crippen molar-refractivity contribution in [3.63, 3.8) is 0 Å². The number of carbonyl (C=O) groups is 1. The van der Waals surface area contributed by atoms with E-state index in [0.29, 0.717) is 33.6 Å². The zero-order chi connectivity index (χ0) is 21.1. The molecule has 1 fully saturated rings. The number of halogens is 1. The van der Waals surface area contributed by atoms with Crippen molar-refractivity contribution in [3.05, 3.63) is 59.5 Å². The third kappa shape index (κ3) is 3.92. The van der Waals surface area contributed by atoms with Gasteiger partial charge in [0.2, 0.25) is 0 Å². The Morgan fingerprint density at radius 3 is 2.70 bits per heavy atom. The number of amides is 1. The smallest absolute Gasteiger partial charge is 0.257 e. The highest BCUT2D eigenvalue weighted by molar-refractivity contribution is 6.13. The van der Waals surface area contributed by atoms with Crippen molar-refractivity contribution in [2.24, 2.45) is 16.8 Å². The number of carbonyl (C=O) groups excluding carboxylic acids is 1. The first kappa shape index (κ1) is 19.7. The highest BCUT2D eigenvalue weighted by atomic mass is 19.1. The fraction of sp³-hybridized carbons (Fsp3) is 0.238. The lowest BCUT2D eigenvalue weighted by molar-refractivity contribution is 0.102. The van der Waals surface area contributed by atoms with Gasteiger partial charge >= 0.3 is 0 Å². The summed E-state index contributed by atoms with van der Waals surface area (Å²) in [5.41, 5.74) is 4.57. The van der Waals surface area contributed by atoms with Crippen molar-refractivity contribution in [2.45, 2.75) is 31.8 Å². The Balaban J connectivity index is 1.51. The number of amidine groups is 1. The third-order valence-corrected chi connectivity index (χ3v) is 5.25. The molecule has 2 aromatic carbocycles. The second-order valence-corrected chi connectivity index (χ2v) is 7.21. The van der Waals surface area contributed by atoms with Gasteiger partial charge in [0.1, 0.15) is 0 Å². The Morgan fingerprint density at radius 1 is 1.20 bits per heavy atom. The van der Waals surface area contributed by atoms with Crippen molar-refractivity contribution in [2.75, 3.05) is 5.32 Å². The molecule has 30 heavy (non-hydrogen) atoms. The maximum atomic E-state index is 14.4. The summed E-state index contributed by atoms with van der Waals surface area (Å²) in [6.45, 7) is 0. The molecule has 8 nitrogen and oxygen atoms in total. The second-order valence-electron chi connectivity index (χ2n) is 7.21. The number of H-pyrrole nitrogens is 1. The SMILES string of the molecule is N/N=C(\NN)c1ccc2c(C(=O)Nc3ccc(OC4CCCC4)c(F)c3)c[nH]c2c1. The van der Waals surface area contributed by atoms with Gasteiger partial charge in [0.15, 0.2) is 17.4 Å². The zero-order valence-electron chi connectivity index (χ0n) is 16.2. The summed E-state index contributed by atoms with van der Waals surface area (Å²) >= 11 is 0. The van der Waals surface area contributed by atoms with Gasteiger partial charge in [-0.15, -0.1) is 0 Å². The van der Waals surface area contributed by atoms with Crippen LogP contribution < -0.4 is 27.2 Å². The molecule has 0 unspecified atom stereocenters. The molecule has 0 saturated heterocycles. The van der Waals surface area contributed by atoms with E-state index in [1.54, 1.807) is 36.5 Å². The summed E-state index contributed by atoms with van der Waals surface area (Å²) in [6, 6.07) is 9.73. The van der Waals surface area contributed by atoms with Crippen LogP contribution in [0.25, 0.3) is 10.9 Å². The molecule has 9 heteroatoms. The molecular formula is C21H23FN6O2. The summed E-state index contributed by atoms with van der Waals surface area (Å²) in [4.78, 5) is 15.8. The molecular weight excluding hydrogens is 387 g/mol. The lowest BCUT2D eigenvalue weighted by Crippen LogP contribution is -2.31. The number of anilines is 1. The van der Waals surface area contributed by atoms with Crippen LogP contribution in [-0.2, 0) is 0 Å². The van der Waals surface area contributed by atoms with Crippen LogP contribution in [-0.4, -0.2) is 22.8 Å². The monoisotopic (exact) mass is 410 g/mol. The number of rotatable bonds is 5. The molecule has 0 atom stereocenters. The number of hydrazine groups is 1. The minimum atomic E-state index is -0.494. The number of nitrogens with one attached hydrogen (secondary N) is 3. The first-order valence-corrected chi connectivity index (χ1v) is 9.72. The topological polar surface area (TPSA) is 131 Å². The average molecular weight is 410 g/mol. The van der Waals surface area contributed by atoms with Crippen molar-refractivity contribution in [3.8, 4) is 5.75 Å². The largest absolute Gasteiger partial charge is 0.487 e. The van der Waals surface area contributed by atoms with Crippen LogP contribution in [0.5, 0.6) is 5.75 Å². The number of nitrogens with two attached hydrogens (primary N) is 2. The number of hydrazone groups is 1. The van der Waals surface area contributed by atoms with E-state index in [1.807, 2.05) is 0 Å². The van der Waals surface area contributed by atoms with Gasteiger partial charge < -0.3 is 26.3 Å². The number of aromatic nitrogens is 1. The first-order chi connectivity index (χ1) is 14.6. The summed E-state index contributed by atoms with van der Waals surface area (Å²) in [6.07, 6.45) is 5.76. The van der Waals surface area contributed by atoms with E-state index in [2.05, 4.69) is 20.8 Å². The maximum absolute atomic E-state index is 14.4. The van der Waals surface area contributed by atoms with Gasteiger partial charge in [0.25, 0.3) is 5.91 Å². The molecule has 3 aromatic rings. The van der Waals surface area contributed by atoms with E-state index in [1.165, 1.54) is 6.07 Å². The Hall–Kier alpha value is -3.59. The highest BCUT2D eigenvalue weighted by Gasteiger charge is 2.19. The molecule has 1 amide bonds. The van der Waals surface area contributed by atoms with Crippen LogP contribution in [0, 0.1) is 5.82 Å². The van der Waals surface area contributed by atoms with E-state index >= 15 is 0 Å². The number of benzene rings is 2. The lowest BCUT2D eigenvalue weighted by atomic mass is 10.1. The standard InChI is InChI=1S/C21H23FN6O2/c22-17-10-13(6-8-19(17)30-14-3-1-2-4-14)26-21(29)16-11-25-18-9-12(5-7-15(16)18)20(27-23)28-24/h5-11,14,25H,1-4,23-24H2,(H,26,29)(H,27,28). The number of ether oxygens (including phenoxy) is 1. The van der Waals surface area contributed by atoms with Gasteiger partial charge in [-0.05, 0) is 43.9 Å². The second kappa shape index (κ2) is 8.42. The molecule has 0 radical (unpaired) electrons. The summed E-state index contributed by atoms with van der Waals surface area (Å²) in [7, 11) is 0. The molecule has 1 saturated carbocycles. The number of fused-ring (bicyclic) bond motifs is 1. The fourth-order valence-corrected chi connectivity index (χ4v) is 3.71. The molecule has 4 rings (SSSR count).